The monoisotopic (exact) mass is 272 g/mol. The van der Waals surface area contributed by atoms with Crippen molar-refractivity contribution in [2.24, 2.45) is 0 Å². The maximum Gasteiger partial charge on any atom is 0.305 e. The molecular formula is C11H16N2O4S. The van der Waals surface area contributed by atoms with Crippen molar-refractivity contribution in [3.8, 4) is 0 Å². The summed E-state index contributed by atoms with van der Waals surface area (Å²) in [6, 6.07) is 6.46. The first-order chi connectivity index (χ1) is 8.38. The quantitative estimate of drug-likeness (QED) is 0.787. The fourth-order valence-corrected chi connectivity index (χ4v) is 2.47. The van der Waals surface area contributed by atoms with Gasteiger partial charge in [-0.3, -0.25) is 4.79 Å². The zero-order chi connectivity index (χ0) is 13.8. The van der Waals surface area contributed by atoms with E-state index in [1.807, 2.05) is 0 Å². The number of hydrogen-bond acceptors (Lipinski definition) is 4. The summed E-state index contributed by atoms with van der Waals surface area (Å²) in [6.45, 7) is 0.242. The van der Waals surface area contributed by atoms with Gasteiger partial charge in [0.05, 0.1) is 12.1 Å². The topological polar surface area (TPSA) is 86.7 Å². The first kappa shape index (κ1) is 14.5. The predicted molar refractivity (Wildman–Crippen MR) is 68.2 cm³/mol. The molecule has 0 amide bonds. The molecule has 0 radical (unpaired) electrons. The van der Waals surface area contributed by atoms with Crippen molar-refractivity contribution < 1.29 is 18.3 Å². The summed E-state index contributed by atoms with van der Waals surface area (Å²) in [5.74, 6) is -0.921. The van der Waals surface area contributed by atoms with E-state index in [2.05, 4.69) is 4.72 Å². The minimum absolute atomic E-state index is 0.0512. The molecule has 0 spiro atoms. The summed E-state index contributed by atoms with van der Waals surface area (Å²) in [5, 5.41) is 8.63. The third kappa shape index (κ3) is 3.44. The molecule has 18 heavy (non-hydrogen) atoms. The molecule has 100 valence electrons. The van der Waals surface area contributed by atoms with Crippen LogP contribution < -0.4 is 9.62 Å². The maximum absolute atomic E-state index is 11.8. The van der Waals surface area contributed by atoms with Gasteiger partial charge in [-0.15, -0.1) is 0 Å². The first-order valence-corrected chi connectivity index (χ1v) is 6.82. The van der Waals surface area contributed by atoms with Gasteiger partial charge in [0.25, 0.3) is 0 Å². The summed E-state index contributed by atoms with van der Waals surface area (Å²) in [4.78, 5) is 12.3. The van der Waals surface area contributed by atoms with E-state index in [1.165, 1.54) is 13.1 Å². The van der Waals surface area contributed by atoms with E-state index in [0.717, 1.165) is 0 Å². The number of nitrogens with zero attached hydrogens (tertiary/aromatic N) is 1. The number of nitrogens with one attached hydrogen (secondary N) is 1. The van der Waals surface area contributed by atoms with Crippen LogP contribution in [-0.2, 0) is 14.8 Å². The van der Waals surface area contributed by atoms with Crippen LogP contribution in [0.2, 0.25) is 0 Å². The van der Waals surface area contributed by atoms with E-state index in [-0.39, 0.29) is 17.9 Å². The van der Waals surface area contributed by atoms with E-state index in [0.29, 0.717) is 5.69 Å². The zero-order valence-corrected chi connectivity index (χ0v) is 11.1. The molecule has 1 aromatic rings. The van der Waals surface area contributed by atoms with Crippen molar-refractivity contribution >= 4 is 21.7 Å². The van der Waals surface area contributed by atoms with E-state index in [4.69, 9.17) is 5.11 Å². The lowest BCUT2D eigenvalue weighted by atomic mass is 10.3. The van der Waals surface area contributed by atoms with Crippen LogP contribution in [0.5, 0.6) is 0 Å². The fourth-order valence-electron chi connectivity index (χ4n) is 1.49. The van der Waals surface area contributed by atoms with Crippen molar-refractivity contribution in [2.75, 3.05) is 25.5 Å². The highest BCUT2D eigenvalue weighted by Crippen LogP contribution is 2.23. The van der Waals surface area contributed by atoms with Crippen LogP contribution in [0.25, 0.3) is 0 Å². The molecule has 0 atom stereocenters. The predicted octanol–water partition coefficient (Wildman–Crippen LogP) is 0.506. The minimum atomic E-state index is -3.55. The zero-order valence-electron chi connectivity index (χ0n) is 10.3. The van der Waals surface area contributed by atoms with Gasteiger partial charge in [-0.25, -0.2) is 13.1 Å². The van der Waals surface area contributed by atoms with Crippen molar-refractivity contribution in [1.29, 1.82) is 0 Å². The Bertz CT molecular complexity index is 528. The molecule has 2 N–H and O–H groups in total. The molecule has 0 unspecified atom stereocenters. The second-order valence-electron chi connectivity index (χ2n) is 3.74. The van der Waals surface area contributed by atoms with Crippen molar-refractivity contribution in [1.82, 2.24) is 4.72 Å². The molecule has 0 aliphatic rings. The maximum atomic E-state index is 11.8. The number of para-hydroxylation sites is 1. The van der Waals surface area contributed by atoms with Crippen molar-refractivity contribution in [2.45, 2.75) is 11.3 Å². The number of anilines is 1. The Morgan fingerprint density at radius 3 is 2.56 bits per heavy atom. The van der Waals surface area contributed by atoms with E-state index < -0.39 is 16.0 Å². The fraction of sp³-hybridized carbons (Fsp3) is 0.364. The lowest BCUT2D eigenvalue weighted by molar-refractivity contribution is -0.136. The van der Waals surface area contributed by atoms with E-state index in [1.54, 1.807) is 30.1 Å². The summed E-state index contributed by atoms with van der Waals surface area (Å²) in [5.41, 5.74) is 0.480. The number of carboxylic acids is 1. The molecule has 0 aromatic heterocycles. The number of sulfonamides is 1. The summed E-state index contributed by atoms with van der Waals surface area (Å²) in [6.07, 6.45) is -0.0512. The lowest BCUT2D eigenvalue weighted by Crippen LogP contribution is -2.26. The Morgan fingerprint density at radius 2 is 2.00 bits per heavy atom. The van der Waals surface area contributed by atoms with Gasteiger partial charge in [-0.2, -0.15) is 0 Å². The van der Waals surface area contributed by atoms with Gasteiger partial charge in [0.2, 0.25) is 10.0 Å². The van der Waals surface area contributed by atoms with Crippen LogP contribution in [-0.4, -0.2) is 40.1 Å². The van der Waals surface area contributed by atoms with Crippen LogP contribution >= 0.6 is 0 Å². The molecule has 1 aromatic carbocycles. The van der Waals surface area contributed by atoms with Gasteiger partial charge in [0.15, 0.2) is 0 Å². The van der Waals surface area contributed by atoms with E-state index in [9.17, 15) is 13.2 Å². The summed E-state index contributed by atoms with van der Waals surface area (Å²) < 4.78 is 25.9. The highest BCUT2D eigenvalue weighted by Gasteiger charge is 2.18. The minimum Gasteiger partial charge on any atom is -0.481 e. The normalized spacial score (nSPS) is 11.2. The Hall–Kier alpha value is -1.60. The lowest BCUT2D eigenvalue weighted by Gasteiger charge is -2.21. The first-order valence-electron chi connectivity index (χ1n) is 5.34. The number of carbonyl (C=O) groups is 1. The second kappa shape index (κ2) is 5.83. The molecule has 0 aliphatic heterocycles. The molecule has 0 saturated carbocycles. The van der Waals surface area contributed by atoms with Gasteiger partial charge in [0, 0.05) is 13.6 Å². The molecule has 0 aliphatic carbocycles. The highest BCUT2D eigenvalue weighted by atomic mass is 32.2. The Labute approximate surface area is 106 Å². The number of rotatable bonds is 6. The number of benzene rings is 1. The molecule has 7 heteroatoms. The average molecular weight is 272 g/mol. The third-order valence-corrected chi connectivity index (χ3v) is 3.96. The average Bonchev–Trinajstić information content (AvgIpc) is 2.36. The molecule has 6 nitrogen and oxygen atoms in total. The molecule has 0 heterocycles. The summed E-state index contributed by atoms with van der Waals surface area (Å²) in [7, 11) is -0.555. The third-order valence-electron chi connectivity index (χ3n) is 2.50. The van der Waals surface area contributed by atoms with Crippen molar-refractivity contribution in [3.63, 3.8) is 0 Å². The molecule has 1 rings (SSSR count). The van der Waals surface area contributed by atoms with E-state index >= 15 is 0 Å². The van der Waals surface area contributed by atoms with Gasteiger partial charge >= 0.3 is 5.97 Å². The summed E-state index contributed by atoms with van der Waals surface area (Å²) >= 11 is 0. The second-order valence-corrected chi connectivity index (χ2v) is 5.60. The molecular weight excluding hydrogens is 256 g/mol. The van der Waals surface area contributed by atoms with Gasteiger partial charge in [0.1, 0.15) is 4.90 Å². The Morgan fingerprint density at radius 1 is 1.39 bits per heavy atom. The van der Waals surface area contributed by atoms with Crippen LogP contribution in [0.1, 0.15) is 6.42 Å². The smallest absolute Gasteiger partial charge is 0.305 e. The van der Waals surface area contributed by atoms with Crippen LogP contribution in [0.4, 0.5) is 5.69 Å². The standard InChI is InChI=1S/C11H16N2O4S/c1-12-18(16,17)10-6-4-3-5-9(10)13(2)8-7-11(14)15/h3-6,12H,7-8H2,1-2H3,(H,14,15). The Kier molecular flexibility index (Phi) is 4.69. The van der Waals surface area contributed by atoms with Gasteiger partial charge in [-0.1, -0.05) is 12.1 Å². The van der Waals surface area contributed by atoms with Crippen LogP contribution in [0.3, 0.4) is 0 Å². The molecule has 0 saturated heterocycles. The highest BCUT2D eigenvalue weighted by molar-refractivity contribution is 7.89. The molecule has 0 fully saturated rings. The number of carboxylic acid groups (broad SMARTS) is 1. The molecule has 0 bridgehead atoms. The SMILES string of the molecule is CNS(=O)(=O)c1ccccc1N(C)CCC(=O)O. The number of hydrogen-bond donors (Lipinski definition) is 2. The van der Waals surface area contributed by atoms with Gasteiger partial charge in [-0.05, 0) is 19.2 Å². The largest absolute Gasteiger partial charge is 0.481 e. The van der Waals surface area contributed by atoms with Crippen LogP contribution in [0.15, 0.2) is 29.2 Å². The van der Waals surface area contributed by atoms with Crippen molar-refractivity contribution in [3.05, 3.63) is 24.3 Å². The number of aliphatic carboxylic acids is 1. The van der Waals surface area contributed by atoms with Crippen LogP contribution in [0, 0.1) is 0 Å². The Balaban J connectivity index is 3.06. The van der Waals surface area contributed by atoms with Gasteiger partial charge < -0.3 is 10.0 Å².